The van der Waals surface area contributed by atoms with E-state index in [1.54, 1.807) is 24.0 Å². The standard InChI is InChI=1S/C16H20N4O4/c1-9-5-11(18-23-9)15(22)20-7-10(8-20)14(21)17-13-6-12(19-24-13)16(2,3)4/h5-6,10H,7-8H2,1-4H3,(H,17,21). The third-order valence-corrected chi connectivity index (χ3v) is 3.91. The maximum absolute atomic E-state index is 12.2. The molecule has 1 N–H and O–H groups in total. The second-order valence-electron chi connectivity index (χ2n) is 7.05. The third kappa shape index (κ3) is 3.17. The zero-order chi connectivity index (χ0) is 17.5. The summed E-state index contributed by atoms with van der Waals surface area (Å²) in [4.78, 5) is 25.9. The third-order valence-electron chi connectivity index (χ3n) is 3.91. The fourth-order valence-electron chi connectivity index (χ4n) is 2.35. The molecule has 24 heavy (non-hydrogen) atoms. The fourth-order valence-corrected chi connectivity index (χ4v) is 2.35. The summed E-state index contributed by atoms with van der Waals surface area (Å²) in [6.07, 6.45) is 0. The highest BCUT2D eigenvalue weighted by molar-refractivity contribution is 5.97. The van der Waals surface area contributed by atoms with Crippen LogP contribution in [-0.4, -0.2) is 40.1 Å². The van der Waals surface area contributed by atoms with Crippen molar-refractivity contribution in [2.24, 2.45) is 5.92 Å². The van der Waals surface area contributed by atoms with Crippen LogP contribution < -0.4 is 5.32 Å². The van der Waals surface area contributed by atoms with Gasteiger partial charge in [-0.15, -0.1) is 0 Å². The monoisotopic (exact) mass is 332 g/mol. The van der Waals surface area contributed by atoms with Crippen LogP contribution in [0.15, 0.2) is 21.2 Å². The lowest BCUT2D eigenvalue weighted by Crippen LogP contribution is -2.54. The Labute approximate surface area is 139 Å². The van der Waals surface area contributed by atoms with Gasteiger partial charge in [0, 0.05) is 30.6 Å². The number of aryl methyl sites for hydroxylation is 1. The first kappa shape index (κ1) is 16.2. The van der Waals surface area contributed by atoms with Gasteiger partial charge < -0.3 is 13.9 Å². The molecule has 1 aliphatic heterocycles. The van der Waals surface area contributed by atoms with Crippen molar-refractivity contribution in [3.05, 3.63) is 29.3 Å². The number of aromatic nitrogens is 2. The van der Waals surface area contributed by atoms with E-state index in [0.717, 1.165) is 5.69 Å². The zero-order valence-corrected chi connectivity index (χ0v) is 14.1. The topological polar surface area (TPSA) is 101 Å². The Morgan fingerprint density at radius 2 is 1.92 bits per heavy atom. The van der Waals surface area contributed by atoms with Gasteiger partial charge in [-0.05, 0) is 6.92 Å². The molecule has 0 spiro atoms. The molecule has 2 aromatic rings. The van der Waals surface area contributed by atoms with Gasteiger partial charge in [0.2, 0.25) is 11.8 Å². The molecule has 2 amide bonds. The van der Waals surface area contributed by atoms with Crippen molar-refractivity contribution < 1.29 is 18.6 Å². The first-order valence-corrected chi connectivity index (χ1v) is 7.74. The van der Waals surface area contributed by atoms with Gasteiger partial charge in [-0.1, -0.05) is 31.1 Å². The van der Waals surface area contributed by atoms with Crippen LogP contribution in [0.2, 0.25) is 0 Å². The normalized spacial score (nSPS) is 15.2. The lowest BCUT2D eigenvalue weighted by molar-refractivity contribution is -0.123. The summed E-state index contributed by atoms with van der Waals surface area (Å²) in [7, 11) is 0. The summed E-state index contributed by atoms with van der Waals surface area (Å²) in [5.74, 6) is 0.206. The van der Waals surface area contributed by atoms with Crippen LogP contribution in [0.25, 0.3) is 0 Å². The lowest BCUT2D eigenvalue weighted by atomic mass is 9.92. The summed E-state index contributed by atoms with van der Waals surface area (Å²) in [5, 5.41) is 10.3. The Morgan fingerprint density at radius 3 is 2.46 bits per heavy atom. The van der Waals surface area contributed by atoms with E-state index in [0.29, 0.717) is 24.7 Å². The van der Waals surface area contributed by atoms with Crippen LogP contribution in [0, 0.1) is 12.8 Å². The predicted molar refractivity (Wildman–Crippen MR) is 84.5 cm³/mol. The summed E-state index contributed by atoms with van der Waals surface area (Å²) >= 11 is 0. The highest BCUT2D eigenvalue weighted by Crippen LogP contribution is 2.25. The molecule has 1 saturated heterocycles. The molecule has 0 aromatic carbocycles. The Balaban J connectivity index is 1.53. The SMILES string of the molecule is Cc1cc(C(=O)N2CC(C(=O)Nc3cc(C(C)(C)C)no3)C2)no1. The van der Waals surface area contributed by atoms with Gasteiger partial charge in [-0.25, -0.2) is 0 Å². The number of nitrogens with one attached hydrogen (secondary N) is 1. The van der Waals surface area contributed by atoms with Crippen molar-refractivity contribution in [2.45, 2.75) is 33.1 Å². The largest absolute Gasteiger partial charge is 0.361 e. The molecule has 128 valence electrons. The Bertz CT molecular complexity index is 765. The Kier molecular flexibility index (Phi) is 3.90. The number of carbonyl (C=O) groups is 2. The molecule has 1 fully saturated rings. The van der Waals surface area contributed by atoms with Crippen LogP contribution in [0.5, 0.6) is 0 Å². The van der Waals surface area contributed by atoms with Gasteiger partial charge in [0.25, 0.3) is 5.91 Å². The molecule has 2 aromatic heterocycles. The molecule has 3 rings (SSSR count). The molecular formula is C16H20N4O4. The van der Waals surface area contributed by atoms with Crippen molar-refractivity contribution in [2.75, 3.05) is 18.4 Å². The van der Waals surface area contributed by atoms with Crippen molar-refractivity contribution >= 4 is 17.7 Å². The van der Waals surface area contributed by atoms with Gasteiger partial charge in [0.15, 0.2) is 5.69 Å². The van der Waals surface area contributed by atoms with E-state index >= 15 is 0 Å². The molecule has 0 bridgehead atoms. The van der Waals surface area contributed by atoms with Crippen LogP contribution in [0.1, 0.15) is 42.7 Å². The van der Waals surface area contributed by atoms with Crippen molar-refractivity contribution in [3.63, 3.8) is 0 Å². The lowest BCUT2D eigenvalue weighted by Gasteiger charge is -2.37. The van der Waals surface area contributed by atoms with Gasteiger partial charge in [0.1, 0.15) is 5.76 Å². The van der Waals surface area contributed by atoms with Crippen molar-refractivity contribution in [1.82, 2.24) is 15.2 Å². The van der Waals surface area contributed by atoms with Gasteiger partial charge >= 0.3 is 0 Å². The smallest absolute Gasteiger partial charge is 0.276 e. The summed E-state index contributed by atoms with van der Waals surface area (Å²) in [6.45, 7) is 8.44. The average Bonchev–Trinajstić information content (AvgIpc) is 3.05. The zero-order valence-electron chi connectivity index (χ0n) is 14.1. The highest BCUT2D eigenvalue weighted by Gasteiger charge is 2.37. The van der Waals surface area contributed by atoms with Crippen LogP contribution >= 0.6 is 0 Å². The number of carbonyl (C=O) groups excluding carboxylic acids is 2. The molecule has 0 unspecified atom stereocenters. The van der Waals surface area contributed by atoms with E-state index in [2.05, 4.69) is 15.6 Å². The second kappa shape index (κ2) is 5.77. The molecule has 0 aliphatic carbocycles. The summed E-state index contributed by atoms with van der Waals surface area (Å²) in [6, 6.07) is 3.30. The Morgan fingerprint density at radius 1 is 1.21 bits per heavy atom. The minimum atomic E-state index is -0.273. The summed E-state index contributed by atoms with van der Waals surface area (Å²) in [5.41, 5.74) is 0.878. The highest BCUT2D eigenvalue weighted by atomic mass is 16.5. The minimum Gasteiger partial charge on any atom is -0.361 e. The number of hydrogen-bond acceptors (Lipinski definition) is 6. The van der Waals surface area contributed by atoms with E-state index in [1.807, 2.05) is 20.8 Å². The summed E-state index contributed by atoms with van der Waals surface area (Å²) < 4.78 is 10.0. The number of likely N-dealkylation sites (tertiary alicyclic amines) is 1. The van der Waals surface area contributed by atoms with E-state index in [-0.39, 0.29) is 28.8 Å². The van der Waals surface area contributed by atoms with Gasteiger partial charge in [-0.2, -0.15) is 0 Å². The number of anilines is 1. The first-order chi connectivity index (χ1) is 11.2. The van der Waals surface area contributed by atoms with Crippen LogP contribution in [0.4, 0.5) is 5.88 Å². The molecule has 8 nitrogen and oxygen atoms in total. The second-order valence-corrected chi connectivity index (χ2v) is 7.05. The van der Waals surface area contributed by atoms with E-state index in [1.165, 1.54) is 0 Å². The molecule has 0 saturated carbocycles. The van der Waals surface area contributed by atoms with E-state index in [9.17, 15) is 9.59 Å². The average molecular weight is 332 g/mol. The predicted octanol–water partition coefficient (Wildman–Crippen LogP) is 1.98. The van der Waals surface area contributed by atoms with Crippen LogP contribution in [0.3, 0.4) is 0 Å². The van der Waals surface area contributed by atoms with Gasteiger partial charge in [-0.3, -0.25) is 14.9 Å². The number of rotatable bonds is 3. The molecule has 8 heteroatoms. The van der Waals surface area contributed by atoms with E-state index < -0.39 is 0 Å². The van der Waals surface area contributed by atoms with Crippen molar-refractivity contribution in [3.8, 4) is 0 Å². The number of hydrogen-bond donors (Lipinski definition) is 1. The number of amides is 2. The van der Waals surface area contributed by atoms with E-state index in [4.69, 9.17) is 9.05 Å². The Hall–Kier alpha value is -2.64. The van der Waals surface area contributed by atoms with Crippen LogP contribution in [-0.2, 0) is 10.2 Å². The maximum Gasteiger partial charge on any atom is 0.276 e. The first-order valence-electron chi connectivity index (χ1n) is 7.74. The molecule has 3 heterocycles. The maximum atomic E-state index is 12.2. The quantitative estimate of drug-likeness (QED) is 0.922. The minimum absolute atomic E-state index is 0.151. The molecule has 1 aliphatic rings. The molecular weight excluding hydrogens is 312 g/mol. The van der Waals surface area contributed by atoms with Crippen molar-refractivity contribution in [1.29, 1.82) is 0 Å². The number of nitrogens with zero attached hydrogens (tertiary/aromatic N) is 3. The molecule has 0 atom stereocenters. The fraction of sp³-hybridized carbons (Fsp3) is 0.500. The molecule has 0 radical (unpaired) electrons. The van der Waals surface area contributed by atoms with Gasteiger partial charge in [0.05, 0.1) is 11.6 Å².